The molecule has 0 aromatic carbocycles. The molecule has 4 nitrogen and oxygen atoms in total. The summed E-state index contributed by atoms with van der Waals surface area (Å²) in [6.45, 7) is 3.28. The standard InChI is InChI=1S/C16H18N2O2S/c1-2-9-18-10-3-6-15(18)16(20)17-12-14-8-7-13(21-14)5-4-11-19/h3,6-8,10,19H,2,9,11-12H2,1H3,(H,17,20). The normalized spacial score (nSPS) is 10.0. The maximum atomic E-state index is 12.2. The van der Waals surface area contributed by atoms with Gasteiger partial charge in [0.1, 0.15) is 12.3 Å². The molecule has 0 saturated heterocycles. The Labute approximate surface area is 128 Å². The molecule has 0 fully saturated rings. The van der Waals surface area contributed by atoms with Gasteiger partial charge in [-0.05, 0) is 30.7 Å². The van der Waals surface area contributed by atoms with E-state index in [1.54, 1.807) is 0 Å². The van der Waals surface area contributed by atoms with Crippen molar-refractivity contribution in [3.8, 4) is 11.8 Å². The first-order chi connectivity index (χ1) is 10.2. The van der Waals surface area contributed by atoms with E-state index in [0.29, 0.717) is 12.2 Å². The number of nitrogens with one attached hydrogen (secondary N) is 1. The summed E-state index contributed by atoms with van der Waals surface area (Å²) in [6, 6.07) is 7.56. The number of aliphatic hydroxyl groups is 1. The fraction of sp³-hybridized carbons (Fsp3) is 0.312. The zero-order valence-electron chi connectivity index (χ0n) is 11.9. The van der Waals surface area contributed by atoms with Crippen LogP contribution in [0.4, 0.5) is 0 Å². The summed E-state index contributed by atoms with van der Waals surface area (Å²) >= 11 is 1.52. The van der Waals surface area contributed by atoms with Gasteiger partial charge in [-0.15, -0.1) is 11.3 Å². The van der Waals surface area contributed by atoms with Crippen molar-refractivity contribution in [1.82, 2.24) is 9.88 Å². The minimum atomic E-state index is -0.140. The third-order valence-electron chi connectivity index (χ3n) is 2.90. The van der Waals surface area contributed by atoms with E-state index in [-0.39, 0.29) is 12.5 Å². The predicted molar refractivity (Wildman–Crippen MR) is 84.2 cm³/mol. The summed E-state index contributed by atoms with van der Waals surface area (Å²) in [5.74, 6) is 5.40. The SMILES string of the molecule is CCCn1cccc1C(=O)NCc1ccc(C#CCO)s1. The lowest BCUT2D eigenvalue weighted by Gasteiger charge is -2.08. The van der Waals surface area contributed by atoms with Gasteiger partial charge < -0.3 is 15.0 Å². The van der Waals surface area contributed by atoms with Crippen LogP contribution < -0.4 is 5.32 Å². The van der Waals surface area contributed by atoms with Crippen LogP contribution in [0, 0.1) is 11.8 Å². The van der Waals surface area contributed by atoms with E-state index in [1.807, 2.05) is 35.0 Å². The smallest absolute Gasteiger partial charge is 0.268 e. The van der Waals surface area contributed by atoms with Crippen molar-refractivity contribution in [1.29, 1.82) is 0 Å². The molecule has 2 aromatic rings. The number of carbonyl (C=O) groups is 1. The fourth-order valence-corrected chi connectivity index (χ4v) is 2.80. The summed E-state index contributed by atoms with van der Waals surface area (Å²) in [5.41, 5.74) is 0.689. The molecule has 0 spiro atoms. The first-order valence-corrected chi connectivity index (χ1v) is 7.68. The number of amides is 1. The number of hydrogen-bond acceptors (Lipinski definition) is 3. The average Bonchev–Trinajstić information content (AvgIpc) is 3.12. The lowest BCUT2D eigenvalue weighted by Crippen LogP contribution is -2.25. The molecule has 21 heavy (non-hydrogen) atoms. The van der Waals surface area contributed by atoms with Crippen molar-refractivity contribution in [2.24, 2.45) is 0 Å². The molecule has 0 atom stereocenters. The first kappa shape index (κ1) is 15.4. The average molecular weight is 302 g/mol. The molecular weight excluding hydrogens is 284 g/mol. The Morgan fingerprint density at radius 2 is 2.29 bits per heavy atom. The van der Waals surface area contributed by atoms with Crippen molar-refractivity contribution in [2.45, 2.75) is 26.4 Å². The molecule has 0 saturated carbocycles. The molecule has 0 radical (unpaired) electrons. The molecule has 0 aliphatic heterocycles. The fourth-order valence-electron chi connectivity index (χ4n) is 1.98. The minimum Gasteiger partial charge on any atom is -0.384 e. The van der Waals surface area contributed by atoms with Gasteiger partial charge in [-0.25, -0.2) is 0 Å². The van der Waals surface area contributed by atoms with Gasteiger partial charge in [0.05, 0.1) is 11.4 Å². The van der Waals surface area contributed by atoms with Crippen LogP contribution in [0.5, 0.6) is 0 Å². The second-order valence-electron chi connectivity index (χ2n) is 4.50. The van der Waals surface area contributed by atoms with Gasteiger partial charge in [-0.3, -0.25) is 4.79 Å². The highest BCUT2D eigenvalue weighted by Crippen LogP contribution is 2.15. The maximum absolute atomic E-state index is 12.2. The second-order valence-corrected chi connectivity index (χ2v) is 5.66. The molecular formula is C16H18N2O2S. The number of aromatic nitrogens is 1. The summed E-state index contributed by atoms with van der Waals surface area (Å²) < 4.78 is 1.96. The van der Waals surface area contributed by atoms with Crippen molar-refractivity contribution in [3.05, 3.63) is 45.9 Å². The van der Waals surface area contributed by atoms with E-state index >= 15 is 0 Å². The topological polar surface area (TPSA) is 54.3 Å². The zero-order valence-corrected chi connectivity index (χ0v) is 12.7. The van der Waals surface area contributed by atoms with Crippen LogP contribution in [0.3, 0.4) is 0 Å². The van der Waals surface area contributed by atoms with Gasteiger partial charge in [-0.2, -0.15) is 0 Å². The van der Waals surface area contributed by atoms with Crippen LogP contribution in [0.2, 0.25) is 0 Å². The largest absolute Gasteiger partial charge is 0.384 e. The Hall–Kier alpha value is -2.03. The van der Waals surface area contributed by atoms with Crippen molar-refractivity contribution in [2.75, 3.05) is 6.61 Å². The van der Waals surface area contributed by atoms with E-state index in [0.717, 1.165) is 22.7 Å². The third kappa shape index (κ3) is 4.22. The predicted octanol–water partition coefficient (Wildman–Crippen LogP) is 2.23. The number of aliphatic hydroxyl groups excluding tert-OH is 1. The highest BCUT2D eigenvalue weighted by atomic mass is 32.1. The molecule has 110 valence electrons. The summed E-state index contributed by atoms with van der Waals surface area (Å²) in [6.07, 6.45) is 2.92. The van der Waals surface area contributed by atoms with Gasteiger partial charge in [0, 0.05) is 17.6 Å². The van der Waals surface area contributed by atoms with Gasteiger partial charge >= 0.3 is 0 Å². The van der Waals surface area contributed by atoms with Crippen LogP contribution in [0.25, 0.3) is 0 Å². The maximum Gasteiger partial charge on any atom is 0.268 e. The van der Waals surface area contributed by atoms with E-state index < -0.39 is 0 Å². The monoisotopic (exact) mass is 302 g/mol. The van der Waals surface area contributed by atoms with Crippen LogP contribution in [-0.2, 0) is 13.1 Å². The van der Waals surface area contributed by atoms with Crippen LogP contribution in [0.1, 0.15) is 33.6 Å². The van der Waals surface area contributed by atoms with Crippen LogP contribution in [0.15, 0.2) is 30.5 Å². The van der Waals surface area contributed by atoms with E-state index in [2.05, 4.69) is 24.1 Å². The lowest BCUT2D eigenvalue weighted by atomic mass is 10.3. The number of aryl methyl sites for hydroxylation is 1. The van der Waals surface area contributed by atoms with E-state index in [9.17, 15) is 4.79 Å². The van der Waals surface area contributed by atoms with Crippen molar-refractivity contribution >= 4 is 17.2 Å². The number of carbonyl (C=O) groups excluding carboxylic acids is 1. The van der Waals surface area contributed by atoms with Crippen LogP contribution >= 0.6 is 11.3 Å². The molecule has 0 aliphatic carbocycles. The molecule has 2 aromatic heterocycles. The number of nitrogens with zero attached hydrogens (tertiary/aromatic N) is 1. The van der Waals surface area contributed by atoms with Crippen molar-refractivity contribution < 1.29 is 9.90 Å². The van der Waals surface area contributed by atoms with Gasteiger partial charge in [0.15, 0.2) is 0 Å². The Kier molecular flexibility index (Phi) is 5.61. The Bertz CT molecular complexity index is 661. The summed E-state index contributed by atoms with van der Waals surface area (Å²) in [5, 5.41) is 11.6. The molecule has 1 amide bonds. The summed E-state index contributed by atoms with van der Waals surface area (Å²) in [7, 11) is 0. The van der Waals surface area contributed by atoms with E-state index in [4.69, 9.17) is 5.11 Å². The number of hydrogen-bond donors (Lipinski definition) is 2. The van der Waals surface area contributed by atoms with Crippen LogP contribution in [-0.4, -0.2) is 22.2 Å². The number of thiophene rings is 1. The lowest BCUT2D eigenvalue weighted by molar-refractivity contribution is 0.0942. The van der Waals surface area contributed by atoms with Gasteiger partial charge in [0.25, 0.3) is 5.91 Å². The van der Waals surface area contributed by atoms with E-state index in [1.165, 1.54) is 11.3 Å². The quantitative estimate of drug-likeness (QED) is 0.832. The Morgan fingerprint density at radius 1 is 1.43 bits per heavy atom. The Morgan fingerprint density at radius 3 is 3.05 bits per heavy atom. The molecule has 5 heteroatoms. The Balaban J connectivity index is 1.94. The molecule has 0 unspecified atom stereocenters. The molecule has 2 heterocycles. The summed E-state index contributed by atoms with van der Waals surface area (Å²) in [4.78, 5) is 14.1. The van der Waals surface area contributed by atoms with Gasteiger partial charge in [-0.1, -0.05) is 18.8 Å². The molecule has 2 N–H and O–H groups in total. The first-order valence-electron chi connectivity index (χ1n) is 6.86. The minimum absolute atomic E-state index is 0.0650. The van der Waals surface area contributed by atoms with Crippen molar-refractivity contribution in [3.63, 3.8) is 0 Å². The molecule has 0 aliphatic rings. The highest BCUT2D eigenvalue weighted by Gasteiger charge is 2.10. The highest BCUT2D eigenvalue weighted by molar-refractivity contribution is 7.12. The number of rotatable bonds is 5. The van der Waals surface area contributed by atoms with Gasteiger partial charge in [0.2, 0.25) is 0 Å². The second kappa shape index (κ2) is 7.67. The molecule has 2 rings (SSSR count). The third-order valence-corrected chi connectivity index (χ3v) is 3.90. The molecule has 0 bridgehead atoms. The zero-order chi connectivity index (χ0) is 15.1.